The van der Waals surface area contributed by atoms with E-state index in [2.05, 4.69) is 41.4 Å². The van der Waals surface area contributed by atoms with E-state index < -0.39 is 6.10 Å². The molecule has 0 heterocycles. The maximum absolute atomic E-state index is 12.2. The molecule has 0 radical (unpaired) electrons. The topological polar surface area (TPSA) is 53.9 Å². The quantitative estimate of drug-likeness (QED) is 0.592. The number of carbonyl (C=O) groups is 1. The lowest BCUT2D eigenvalue weighted by Gasteiger charge is -2.20. The summed E-state index contributed by atoms with van der Waals surface area (Å²) in [7, 11) is 1.51. The van der Waals surface area contributed by atoms with Crippen LogP contribution >= 0.6 is 0 Å². The number of hydrogen-bond acceptors (Lipinski definition) is 4. The van der Waals surface area contributed by atoms with Gasteiger partial charge in [-0.1, -0.05) is 42.5 Å². The molecule has 0 aliphatic carbocycles. The fraction of sp³-hybridized carbons (Fsp3) is 0.300. The van der Waals surface area contributed by atoms with E-state index in [0.717, 1.165) is 24.2 Å². The Morgan fingerprint density at radius 3 is 2.32 bits per heavy atom. The molecular formula is C20H25N3O2. The molecule has 25 heavy (non-hydrogen) atoms. The SMILES string of the molecule is CCN(CC)c1ccc(/C=N/NC(=O)C(OC)c2ccccc2)cc1. The molecule has 5 nitrogen and oxygen atoms in total. The van der Waals surface area contributed by atoms with Gasteiger partial charge >= 0.3 is 0 Å². The number of nitrogens with zero attached hydrogens (tertiary/aromatic N) is 2. The molecule has 1 unspecified atom stereocenters. The molecule has 1 N–H and O–H groups in total. The van der Waals surface area contributed by atoms with Crippen molar-refractivity contribution < 1.29 is 9.53 Å². The number of nitrogens with one attached hydrogen (secondary N) is 1. The van der Waals surface area contributed by atoms with Gasteiger partial charge in [-0.05, 0) is 37.1 Å². The highest BCUT2D eigenvalue weighted by Crippen LogP contribution is 2.16. The molecule has 2 aromatic carbocycles. The third kappa shape index (κ3) is 5.16. The van der Waals surface area contributed by atoms with Crippen molar-refractivity contribution in [3.63, 3.8) is 0 Å². The van der Waals surface area contributed by atoms with Crippen LogP contribution in [0.5, 0.6) is 0 Å². The first-order valence-corrected chi connectivity index (χ1v) is 8.45. The number of amides is 1. The van der Waals surface area contributed by atoms with Gasteiger partial charge in [0.05, 0.1) is 6.21 Å². The summed E-state index contributed by atoms with van der Waals surface area (Å²) in [5.74, 6) is -0.301. The lowest BCUT2D eigenvalue weighted by molar-refractivity contribution is -0.131. The molecule has 5 heteroatoms. The molecule has 2 aromatic rings. The Hall–Kier alpha value is -2.66. The van der Waals surface area contributed by atoms with Gasteiger partial charge in [-0.2, -0.15) is 5.10 Å². The predicted molar refractivity (Wildman–Crippen MR) is 102 cm³/mol. The van der Waals surface area contributed by atoms with Crippen molar-refractivity contribution >= 4 is 17.8 Å². The van der Waals surface area contributed by atoms with Gasteiger partial charge in [-0.3, -0.25) is 4.79 Å². The van der Waals surface area contributed by atoms with E-state index >= 15 is 0 Å². The molecule has 0 bridgehead atoms. The number of anilines is 1. The van der Waals surface area contributed by atoms with Crippen molar-refractivity contribution in [2.24, 2.45) is 5.10 Å². The lowest BCUT2D eigenvalue weighted by atomic mass is 10.1. The first-order chi connectivity index (χ1) is 12.2. The third-order valence-electron chi connectivity index (χ3n) is 3.99. The van der Waals surface area contributed by atoms with Crippen LogP contribution < -0.4 is 10.3 Å². The van der Waals surface area contributed by atoms with Gasteiger partial charge in [0, 0.05) is 25.9 Å². The van der Waals surface area contributed by atoms with E-state index in [1.807, 2.05) is 42.5 Å². The van der Waals surface area contributed by atoms with Crippen LogP contribution in [0.15, 0.2) is 59.7 Å². The van der Waals surface area contributed by atoms with Crippen molar-refractivity contribution in [3.05, 3.63) is 65.7 Å². The monoisotopic (exact) mass is 339 g/mol. The molecule has 2 rings (SSSR count). The Kier molecular flexibility index (Phi) is 7.16. The average molecular weight is 339 g/mol. The van der Waals surface area contributed by atoms with Crippen LogP contribution in [0.3, 0.4) is 0 Å². The number of ether oxygens (including phenoxy) is 1. The summed E-state index contributed by atoms with van der Waals surface area (Å²) in [5, 5.41) is 4.03. The second-order valence-corrected chi connectivity index (χ2v) is 5.52. The van der Waals surface area contributed by atoms with Gasteiger partial charge in [-0.25, -0.2) is 5.43 Å². The maximum Gasteiger partial charge on any atom is 0.273 e. The molecule has 0 aliphatic heterocycles. The smallest absolute Gasteiger partial charge is 0.273 e. The fourth-order valence-corrected chi connectivity index (χ4v) is 2.61. The summed E-state index contributed by atoms with van der Waals surface area (Å²) in [5.41, 5.74) is 5.43. The van der Waals surface area contributed by atoms with E-state index in [1.54, 1.807) is 6.21 Å². The fourth-order valence-electron chi connectivity index (χ4n) is 2.61. The van der Waals surface area contributed by atoms with Crippen LogP contribution in [-0.2, 0) is 9.53 Å². The molecular weight excluding hydrogens is 314 g/mol. The Bertz CT molecular complexity index is 680. The lowest BCUT2D eigenvalue weighted by Crippen LogP contribution is -2.26. The summed E-state index contributed by atoms with van der Waals surface area (Å²) < 4.78 is 5.28. The summed E-state index contributed by atoms with van der Waals surface area (Å²) in [4.78, 5) is 14.5. The van der Waals surface area contributed by atoms with E-state index in [9.17, 15) is 4.79 Å². The van der Waals surface area contributed by atoms with Crippen LogP contribution in [0, 0.1) is 0 Å². The summed E-state index contributed by atoms with van der Waals surface area (Å²) in [6.45, 7) is 6.20. The molecule has 0 aromatic heterocycles. The van der Waals surface area contributed by atoms with Gasteiger partial charge in [-0.15, -0.1) is 0 Å². The summed E-state index contributed by atoms with van der Waals surface area (Å²) in [6, 6.07) is 17.4. The van der Waals surface area contributed by atoms with Crippen LogP contribution in [0.1, 0.15) is 31.1 Å². The Balaban J connectivity index is 1.96. The summed E-state index contributed by atoms with van der Waals surface area (Å²) in [6.07, 6.45) is 0.949. The van der Waals surface area contributed by atoms with E-state index in [4.69, 9.17) is 4.74 Å². The van der Waals surface area contributed by atoms with Crippen LogP contribution in [-0.4, -0.2) is 32.3 Å². The zero-order valence-electron chi connectivity index (χ0n) is 15.0. The molecule has 0 saturated heterocycles. The van der Waals surface area contributed by atoms with E-state index in [0.29, 0.717) is 0 Å². The molecule has 0 fully saturated rings. The first-order valence-electron chi connectivity index (χ1n) is 8.45. The van der Waals surface area contributed by atoms with Gasteiger partial charge in [0.2, 0.25) is 0 Å². The maximum atomic E-state index is 12.2. The highest BCUT2D eigenvalue weighted by atomic mass is 16.5. The number of benzene rings is 2. The number of hydrogen-bond donors (Lipinski definition) is 1. The number of rotatable bonds is 8. The number of methoxy groups -OCH3 is 1. The predicted octanol–water partition coefficient (Wildman–Crippen LogP) is 3.37. The molecule has 0 aliphatic rings. The van der Waals surface area contributed by atoms with Crippen molar-refractivity contribution in [2.45, 2.75) is 20.0 Å². The standard InChI is InChI=1S/C20H25N3O2/c1-4-23(5-2)18-13-11-16(12-14-18)15-21-22-20(24)19(25-3)17-9-7-6-8-10-17/h6-15,19H,4-5H2,1-3H3,(H,22,24)/b21-15+. The second-order valence-electron chi connectivity index (χ2n) is 5.52. The zero-order chi connectivity index (χ0) is 18.1. The largest absolute Gasteiger partial charge is 0.372 e. The minimum atomic E-state index is -0.677. The Labute approximate surface area is 149 Å². The van der Waals surface area contributed by atoms with Crippen LogP contribution in [0.2, 0.25) is 0 Å². The van der Waals surface area contributed by atoms with Gasteiger partial charge in [0.1, 0.15) is 0 Å². The van der Waals surface area contributed by atoms with E-state index in [1.165, 1.54) is 12.8 Å². The normalized spacial score (nSPS) is 12.1. The van der Waals surface area contributed by atoms with Crippen molar-refractivity contribution in [1.29, 1.82) is 0 Å². The average Bonchev–Trinajstić information content (AvgIpc) is 2.65. The van der Waals surface area contributed by atoms with Gasteiger partial charge in [0.25, 0.3) is 5.91 Å². The third-order valence-corrected chi connectivity index (χ3v) is 3.99. The highest BCUT2D eigenvalue weighted by molar-refractivity contribution is 5.85. The molecule has 0 saturated carbocycles. The van der Waals surface area contributed by atoms with Crippen molar-refractivity contribution in [1.82, 2.24) is 5.43 Å². The Morgan fingerprint density at radius 2 is 1.76 bits per heavy atom. The van der Waals surface area contributed by atoms with Crippen molar-refractivity contribution in [3.8, 4) is 0 Å². The molecule has 132 valence electrons. The summed E-state index contributed by atoms with van der Waals surface area (Å²) >= 11 is 0. The number of carbonyl (C=O) groups excluding carboxylic acids is 1. The Morgan fingerprint density at radius 1 is 1.12 bits per heavy atom. The second kappa shape index (κ2) is 9.59. The molecule has 0 spiro atoms. The van der Waals surface area contributed by atoms with E-state index in [-0.39, 0.29) is 5.91 Å². The van der Waals surface area contributed by atoms with Gasteiger partial charge in [0.15, 0.2) is 6.10 Å². The first kappa shape index (κ1) is 18.7. The van der Waals surface area contributed by atoms with Crippen LogP contribution in [0.25, 0.3) is 0 Å². The minimum Gasteiger partial charge on any atom is -0.372 e. The molecule has 1 atom stereocenters. The number of hydrazone groups is 1. The van der Waals surface area contributed by atoms with Crippen molar-refractivity contribution in [2.75, 3.05) is 25.1 Å². The van der Waals surface area contributed by atoms with Crippen LogP contribution in [0.4, 0.5) is 5.69 Å². The van der Waals surface area contributed by atoms with Gasteiger partial charge < -0.3 is 9.64 Å². The molecule has 1 amide bonds. The highest BCUT2D eigenvalue weighted by Gasteiger charge is 2.18. The zero-order valence-corrected chi connectivity index (χ0v) is 15.0. The minimum absolute atomic E-state index is 0.301.